The molecule has 0 radical (unpaired) electrons. The topological polar surface area (TPSA) is 155 Å². The number of carbonyl (C=O) groups excluding carboxylic acids is 3. The number of hydrogen-bond donors (Lipinski definition) is 0. The highest BCUT2D eigenvalue weighted by atomic mass is 16.6. The molecule has 0 amide bonds. The van der Waals surface area contributed by atoms with Gasteiger partial charge in [0.15, 0.2) is 0 Å². The quantitative estimate of drug-likeness (QED) is 0.0244. The maximum Gasteiger partial charge on any atom is 0.330 e. The van der Waals surface area contributed by atoms with Crippen molar-refractivity contribution in [1.82, 2.24) is 15.0 Å². The summed E-state index contributed by atoms with van der Waals surface area (Å²) in [5.41, 5.74) is 4.08. The van der Waals surface area contributed by atoms with Crippen LogP contribution >= 0.6 is 0 Å². The minimum Gasteiger partial charge on any atom is -0.490 e. The fourth-order valence-electron chi connectivity index (χ4n) is 6.73. The van der Waals surface area contributed by atoms with Gasteiger partial charge in [-0.05, 0) is 72.8 Å². The molecule has 0 aliphatic rings. The Morgan fingerprint density at radius 1 is 0.362 bits per heavy atom. The van der Waals surface area contributed by atoms with E-state index in [1.165, 1.54) is 0 Å². The largest absolute Gasteiger partial charge is 0.490 e. The molecule has 0 N–H and O–H groups in total. The van der Waals surface area contributed by atoms with E-state index in [2.05, 4.69) is 19.7 Å². The highest BCUT2D eigenvalue weighted by molar-refractivity contribution is 5.83. The molecule has 1 heterocycles. The van der Waals surface area contributed by atoms with Crippen LogP contribution in [0.1, 0.15) is 0 Å². The summed E-state index contributed by atoms with van der Waals surface area (Å²) in [4.78, 5) is 56.7. The van der Waals surface area contributed by atoms with Crippen LogP contribution in [0.4, 0.5) is 52.0 Å². The summed E-state index contributed by atoms with van der Waals surface area (Å²) in [5.74, 6) is 0.554. The van der Waals surface area contributed by atoms with Crippen molar-refractivity contribution < 1.29 is 42.8 Å². The van der Waals surface area contributed by atoms with E-state index >= 15 is 0 Å². The number of anilines is 9. The Morgan fingerprint density at radius 2 is 0.623 bits per heavy atom. The van der Waals surface area contributed by atoms with Crippen LogP contribution in [0, 0.1) is 0 Å². The number of rotatable bonds is 24. The van der Waals surface area contributed by atoms with Gasteiger partial charge in [-0.1, -0.05) is 92.5 Å². The molecule has 7 aromatic rings. The minimum atomic E-state index is -0.547. The summed E-state index contributed by atoms with van der Waals surface area (Å²) in [5, 5.41) is 0. The van der Waals surface area contributed by atoms with Gasteiger partial charge in [-0.25, -0.2) is 14.4 Å². The normalized spacial score (nSPS) is 10.4. The third-order valence-corrected chi connectivity index (χ3v) is 9.76. The average Bonchev–Trinajstić information content (AvgIpc) is 3.39. The van der Waals surface area contributed by atoms with Gasteiger partial charge < -0.3 is 28.4 Å². The molecule has 1 aromatic heterocycles. The van der Waals surface area contributed by atoms with E-state index in [4.69, 9.17) is 43.4 Å². The molecular weight excluding hydrogens is 877 g/mol. The van der Waals surface area contributed by atoms with Gasteiger partial charge in [-0.15, -0.1) is 0 Å². The molecule has 0 unspecified atom stereocenters. The Labute approximate surface area is 399 Å². The van der Waals surface area contributed by atoms with Gasteiger partial charge in [0.2, 0.25) is 17.8 Å². The van der Waals surface area contributed by atoms with Crippen molar-refractivity contribution in [3.63, 3.8) is 0 Å². The van der Waals surface area contributed by atoms with Gasteiger partial charge in [-0.3, -0.25) is 14.7 Å². The summed E-state index contributed by atoms with van der Waals surface area (Å²) in [6.07, 6.45) is 3.30. The van der Waals surface area contributed by atoms with Gasteiger partial charge in [0.1, 0.15) is 56.9 Å². The molecule has 0 fully saturated rings. The second-order valence-electron chi connectivity index (χ2n) is 14.4. The minimum absolute atomic E-state index is 0.0202. The fourth-order valence-corrected chi connectivity index (χ4v) is 6.73. The number of aromatic nitrogens is 3. The molecule has 15 nitrogen and oxygen atoms in total. The lowest BCUT2D eigenvalue weighted by Crippen LogP contribution is -2.22. The van der Waals surface area contributed by atoms with Crippen LogP contribution in [-0.2, 0) is 28.6 Å². The maximum absolute atomic E-state index is 11.7. The molecule has 348 valence electrons. The van der Waals surface area contributed by atoms with Gasteiger partial charge in [0.05, 0.1) is 17.1 Å². The van der Waals surface area contributed by atoms with Crippen LogP contribution in [-0.4, -0.2) is 72.5 Å². The Kier molecular flexibility index (Phi) is 16.8. The molecule has 6 aromatic carbocycles. The van der Waals surface area contributed by atoms with E-state index in [-0.39, 0.29) is 57.5 Å². The zero-order valence-corrected chi connectivity index (χ0v) is 37.5. The number of benzene rings is 6. The SMILES string of the molecule is C=CC(=O)OCCOc1cccc(N(c2ccccc2)c2nc(N(c3ccccc3)c3cccc(OCCOC(=O)C=C)c3)nc(N(c3ccccc3)c3cccc(OCCOC(=O)C=C)c3)n2)c1. The number of ether oxygens (including phenoxy) is 6. The monoisotopic (exact) mass is 924 g/mol. The molecule has 7 rings (SSSR count). The van der Waals surface area contributed by atoms with E-state index < -0.39 is 17.9 Å². The lowest BCUT2D eigenvalue weighted by atomic mass is 10.2. The summed E-state index contributed by atoms with van der Waals surface area (Å²) < 4.78 is 33.6. The van der Waals surface area contributed by atoms with Crippen LogP contribution in [0.2, 0.25) is 0 Å². The van der Waals surface area contributed by atoms with Crippen LogP contribution in [0.3, 0.4) is 0 Å². The number of nitrogens with zero attached hydrogens (tertiary/aromatic N) is 6. The van der Waals surface area contributed by atoms with Crippen molar-refractivity contribution in [2.24, 2.45) is 0 Å². The first-order valence-electron chi connectivity index (χ1n) is 21.7. The van der Waals surface area contributed by atoms with Crippen LogP contribution in [0.25, 0.3) is 0 Å². The van der Waals surface area contributed by atoms with E-state index in [9.17, 15) is 14.4 Å². The Bertz CT molecular complexity index is 2530. The summed E-state index contributed by atoms with van der Waals surface area (Å²) >= 11 is 0. The second kappa shape index (κ2) is 24.3. The number of carbonyl (C=O) groups is 3. The van der Waals surface area contributed by atoms with Crippen molar-refractivity contribution in [1.29, 1.82) is 0 Å². The number of esters is 3. The summed E-state index contributed by atoms with van der Waals surface area (Å²) in [6, 6.07) is 51.1. The van der Waals surface area contributed by atoms with Gasteiger partial charge in [0.25, 0.3) is 0 Å². The van der Waals surface area contributed by atoms with Crippen molar-refractivity contribution in [2.75, 3.05) is 54.3 Å². The van der Waals surface area contributed by atoms with Crippen LogP contribution < -0.4 is 28.9 Å². The highest BCUT2D eigenvalue weighted by Gasteiger charge is 2.27. The molecule has 0 saturated heterocycles. The first-order valence-corrected chi connectivity index (χ1v) is 21.7. The fraction of sp³-hybridized carbons (Fsp3) is 0.111. The zero-order chi connectivity index (χ0) is 48.2. The molecule has 0 aliphatic carbocycles. The van der Waals surface area contributed by atoms with Gasteiger partial charge >= 0.3 is 17.9 Å². The third-order valence-electron chi connectivity index (χ3n) is 9.76. The van der Waals surface area contributed by atoms with Gasteiger partial charge in [-0.2, -0.15) is 15.0 Å². The molecule has 0 saturated carbocycles. The molecule has 0 aliphatic heterocycles. The standard InChI is InChI=1S/C54H48N6O9/c1-4-49(61)67-34-31-64-46-28-16-25-43(37-46)58(40-19-10-7-11-20-40)52-55-53(59(41-21-12-8-13-22-41)44-26-17-29-47(38-44)65-32-35-68-50(62)5-2)57-54(56-52)60(42-23-14-9-15-24-42)45-27-18-30-48(39-45)66-33-36-69-51(63)6-3/h4-30,37-39H,1-3,31-36H2. The lowest BCUT2D eigenvalue weighted by molar-refractivity contribution is -0.139. The predicted molar refractivity (Wildman–Crippen MR) is 264 cm³/mol. The maximum atomic E-state index is 11.7. The zero-order valence-electron chi connectivity index (χ0n) is 37.5. The number of para-hydroxylation sites is 3. The second-order valence-corrected chi connectivity index (χ2v) is 14.4. The molecule has 0 atom stereocenters. The van der Waals surface area contributed by atoms with Crippen LogP contribution in [0.5, 0.6) is 17.2 Å². The van der Waals surface area contributed by atoms with Crippen molar-refractivity contribution in [3.05, 3.63) is 202 Å². The number of hydrogen-bond acceptors (Lipinski definition) is 15. The average molecular weight is 925 g/mol. The first-order chi connectivity index (χ1) is 33.8. The third kappa shape index (κ3) is 13.2. The molecule has 0 spiro atoms. The van der Waals surface area contributed by atoms with E-state index in [1.807, 2.05) is 160 Å². The van der Waals surface area contributed by atoms with Crippen LogP contribution in [0.15, 0.2) is 202 Å². The van der Waals surface area contributed by atoms with E-state index in [0.29, 0.717) is 34.3 Å². The molecule has 0 bridgehead atoms. The summed E-state index contributed by atoms with van der Waals surface area (Å²) in [7, 11) is 0. The Morgan fingerprint density at radius 3 is 0.884 bits per heavy atom. The van der Waals surface area contributed by atoms with Gasteiger partial charge in [0, 0.05) is 53.5 Å². The smallest absolute Gasteiger partial charge is 0.330 e. The van der Waals surface area contributed by atoms with Crippen molar-refractivity contribution in [2.45, 2.75) is 0 Å². The Balaban J connectivity index is 1.41. The molecule has 69 heavy (non-hydrogen) atoms. The van der Waals surface area contributed by atoms with E-state index in [1.54, 1.807) is 18.2 Å². The summed E-state index contributed by atoms with van der Waals surface area (Å²) in [6.45, 7) is 10.7. The van der Waals surface area contributed by atoms with Crippen molar-refractivity contribution in [3.8, 4) is 17.2 Å². The predicted octanol–water partition coefficient (Wildman–Crippen LogP) is 10.6. The van der Waals surface area contributed by atoms with E-state index in [0.717, 1.165) is 35.3 Å². The lowest BCUT2D eigenvalue weighted by Gasteiger charge is -2.30. The highest BCUT2D eigenvalue weighted by Crippen LogP contribution is 2.42. The Hall–Kier alpha value is -9.24. The first kappa shape index (κ1) is 47.7. The molecular formula is C54H48N6O9. The van der Waals surface area contributed by atoms with Crippen molar-refractivity contribution >= 4 is 69.9 Å². The molecule has 15 heteroatoms.